The predicted octanol–water partition coefficient (Wildman–Crippen LogP) is 3.73. The molecule has 1 aliphatic rings. The summed E-state index contributed by atoms with van der Waals surface area (Å²) in [6.07, 6.45) is 4.50. The zero-order valence-electron chi connectivity index (χ0n) is 9.53. The summed E-state index contributed by atoms with van der Waals surface area (Å²) in [7, 11) is 1.67. The monoisotopic (exact) mass is 292 g/mol. The second-order valence-electron chi connectivity index (χ2n) is 4.31. The van der Waals surface area contributed by atoms with E-state index >= 15 is 0 Å². The third-order valence-corrected chi connectivity index (χ3v) is 3.73. The summed E-state index contributed by atoms with van der Waals surface area (Å²) in [6, 6.07) is 5.89. The number of nitrogens with one attached hydrogen (secondary N) is 1. The Morgan fingerprint density at radius 1 is 1.41 bits per heavy atom. The van der Waals surface area contributed by atoms with Crippen molar-refractivity contribution in [2.45, 2.75) is 18.8 Å². The van der Waals surface area contributed by atoms with Crippen LogP contribution in [-0.4, -0.2) is 17.1 Å². The maximum Gasteiger partial charge on any atom is 0.138 e. The standard InChI is InChI=1S/C13H13BrN2O/c1-17-9-4-5-11(14)10(6-9)13-15-7-12(16-13)8-2-3-8/h4-8H,2-3H2,1H3,(H,15,16). The Kier molecular flexibility index (Phi) is 2.67. The molecule has 17 heavy (non-hydrogen) atoms. The van der Waals surface area contributed by atoms with Gasteiger partial charge in [0.2, 0.25) is 0 Å². The van der Waals surface area contributed by atoms with Crippen LogP contribution in [0.4, 0.5) is 0 Å². The van der Waals surface area contributed by atoms with E-state index < -0.39 is 0 Å². The van der Waals surface area contributed by atoms with Gasteiger partial charge in [0, 0.05) is 27.8 Å². The SMILES string of the molecule is COc1ccc(Br)c(-c2ncc(C3CC3)[nH]2)c1. The van der Waals surface area contributed by atoms with Crippen LogP contribution < -0.4 is 4.74 Å². The maximum atomic E-state index is 5.24. The zero-order valence-corrected chi connectivity index (χ0v) is 11.1. The molecule has 3 rings (SSSR count). The van der Waals surface area contributed by atoms with Crippen molar-refractivity contribution in [3.05, 3.63) is 34.6 Å². The molecular weight excluding hydrogens is 280 g/mol. The maximum absolute atomic E-state index is 5.24. The molecule has 0 spiro atoms. The van der Waals surface area contributed by atoms with Gasteiger partial charge in [-0.3, -0.25) is 0 Å². The number of rotatable bonds is 3. The molecule has 1 aromatic carbocycles. The van der Waals surface area contributed by atoms with Crippen molar-refractivity contribution < 1.29 is 4.74 Å². The third-order valence-electron chi connectivity index (χ3n) is 3.04. The lowest BCUT2D eigenvalue weighted by atomic mass is 10.2. The van der Waals surface area contributed by atoms with Crippen LogP contribution in [0.1, 0.15) is 24.5 Å². The molecular formula is C13H13BrN2O. The number of imidazole rings is 1. The Morgan fingerprint density at radius 3 is 2.94 bits per heavy atom. The molecule has 88 valence electrons. The average molecular weight is 293 g/mol. The van der Waals surface area contributed by atoms with Crippen molar-refractivity contribution >= 4 is 15.9 Å². The van der Waals surface area contributed by atoms with E-state index in [2.05, 4.69) is 25.9 Å². The van der Waals surface area contributed by atoms with Crippen molar-refractivity contribution in [1.29, 1.82) is 0 Å². The molecule has 0 amide bonds. The summed E-state index contributed by atoms with van der Waals surface area (Å²) < 4.78 is 6.26. The first-order valence-corrected chi connectivity index (χ1v) is 6.46. The molecule has 1 N–H and O–H groups in total. The Hall–Kier alpha value is -1.29. The third kappa shape index (κ3) is 2.09. The van der Waals surface area contributed by atoms with Gasteiger partial charge in [-0.2, -0.15) is 0 Å². The molecule has 0 saturated heterocycles. The quantitative estimate of drug-likeness (QED) is 0.936. The molecule has 1 aliphatic carbocycles. The average Bonchev–Trinajstić information content (AvgIpc) is 3.09. The van der Waals surface area contributed by atoms with Crippen LogP contribution >= 0.6 is 15.9 Å². The molecule has 0 bridgehead atoms. The van der Waals surface area contributed by atoms with Crippen LogP contribution in [0.15, 0.2) is 28.9 Å². The summed E-state index contributed by atoms with van der Waals surface area (Å²) in [4.78, 5) is 7.83. The van der Waals surface area contributed by atoms with Crippen LogP contribution in [-0.2, 0) is 0 Å². The number of halogens is 1. The fourth-order valence-corrected chi connectivity index (χ4v) is 2.32. The second-order valence-corrected chi connectivity index (χ2v) is 5.16. The number of H-pyrrole nitrogens is 1. The van der Waals surface area contributed by atoms with E-state index in [-0.39, 0.29) is 0 Å². The lowest BCUT2D eigenvalue weighted by Gasteiger charge is -2.04. The first kappa shape index (κ1) is 10.8. The summed E-state index contributed by atoms with van der Waals surface area (Å²) in [6.45, 7) is 0. The lowest BCUT2D eigenvalue weighted by molar-refractivity contribution is 0.415. The topological polar surface area (TPSA) is 37.9 Å². The molecule has 4 heteroatoms. The lowest BCUT2D eigenvalue weighted by Crippen LogP contribution is -1.87. The number of hydrogen-bond donors (Lipinski definition) is 1. The van der Waals surface area contributed by atoms with E-state index in [4.69, 9.17) is 4.74 Å². The highest BCUT2D eigenvalue weighted by Crippen LogP contribution is 2.40. The fraction of sp³-hybridized carbons (Fsp3) is 0.308. The summed E-state index contributed by atoms with van der Waals surface area (Å²) in [5.74, 6) is 2.44. The van der Waals surface area contributed by atoms with Crippen LogP contribution in [0, 0.1) is 0 Å². The van der Waals surface area contributed by atoms with Crippen molar-refractivity contribution in [3.63, 3.8) is 0 Å². The smallest absolute Gasteiger partial charge is 0.138 e. The highest BCUT2D eigenvalue weighted by Gasteiger charge is 2.25. The summed E-state index contributed by atoms with van der Waals surface area (Å²) in [5.41, 5.74) is 2.28. The number of benzene rings is 1. The van der Waals surface area contributed by atoms with Gasteiger partial charge in [-0.15, -0.1) is 0 Å². The number of ether oxygens (including phenoxy) is 1. The van der Waals surface area contributed by atoms with Gasteiger partial charge < -0.3 is 9.72 Å². The minimum absolute atomic E-state index is 0.695. The van der Waals surface area contributed by atoms with Crippen molar-refractivity contribution in [3.8, 4) is 17.1 Å². The van der Waals surface area contributed by atoms with Gasteiger partial charge in [-0.25, -0.2) is 4.98 Å². The van der Waals surface area contributed by atoms with E-state index in [0.29, 0.717) is 5.92 Å². The van der Waals surface area contributed by atoms with Crippen molar-refractivity contribution in [2.75, 3.05) is 7.11 Å². The van der Waals surface area contributed by atoms with Gasteiger partial charge in [0.1, 0.15) is 11.6 Å². The van der Waals surface area contributed by atoms with E-state index in [1.54, 1.807) is 7.11 Å². The molecule has 1 aromatic heterocycles. The molecule has 3 nitrogen and oxygen atoms in total. The Labute approximate surface area is 108 Å². The second kappa shape index (κ2) is 4.18. The molecule has 0 atom stereocenters. The number of aromatic amines is 1. The van der Waals surface area contributed by atoms with Gasteiger partial charge in [-0.1, -0.05) is 15.9 Å². The largest absolute Gasteiger partial charge is 0.497 e. The van der Waals surface area contributed by atoms with Gasteiger partial charge in [-0.05, 0) is 31.0 Å². The van der Waals surface area contributed by atoms with E-state index in [9.17, 15) is 0 Å². The molecule has 0 unspecified atom stereocenters. The van der Waals surface area contributed by atoms with Crippen LogP contribution in [0.25, 0.3) is 11.4 Å². The van der Waals surface area contributed by atoms with Gasteiger partial charge >= 0.3 is 0 Å². The highest BCUT2D eigenvalue weighted by molar-refractivity contribution is 9.10. The molecule has 1 fully saturated rings. The molecule has 1 heterocycles. The van der Waals surface area contributed by atoms with E-state index in [0.717, 1.165) is 21.6 Å². The van der Waals surface area contributed by atoms with Gasteiger partial charge in [0.25, 0.3) is 0 Å². The first-order valence-electron chi connectivity index (χ1n) is 5.67. The Balaban J connectivity index is 2.00. The fourth-order valence-electron chi connectivity index (χ4n) is 1.89. The molecule has 2 aromatic rings. The van der Waals surface area contributed by atoms with Crippen molar-refractivity contribution in [2.24, 2.45) is 0 Å². The molecule has 0 aliphatic heterocycles. The highest BCUT2D eigenvalue weighted by atomic mass is 79.9. The number of aromatic nitrogens is 2. The molecule has 1 saturated carbocycles. The first-order chi connectivity index (χ1) is 8.28. The number of hydrogen-bond acceptors (Lipinski definition) is 2. The number of methoxy groups -OCH3 is 1. The minimum Gasteiger partial charge on any atom is -0.497 e. The van der Waals surface area contributed by atoms with E-state index in [1.165, 1.54) is 18.5 Å². The van der Waals surface area contributed by atoms with Gasteiger partial charge in [0.15, 0.2) is 0 Å². The molecule has 0 radical (unpaired) electrons. The minimum atomic E-state index is 0.695. The zero-order chi connectivity index (χ0) is 11.8. The van der Waals surface area contributed by atoms with Crippen LogP contribution in [0.5, 0.6) is 5.75 Å². The van der Waals surface area contributed by atoms with Crippen molar-refractivity contribution in [1.82, 2.24) is 9.97 Å². The normalized spacial score (nSPS) is 14.9. The summed E-state index contributed by atoms with van der Waals surface area (Å²) in [5, 5.41) is 0. The van der Waals surface area contributed by atoms with Gasteiger partial charge in [0.05, 0.1) is 7.11 Å². The van der Waals surface area contributed by atoms with Crippen LogP contribution in [0.3, 0.4) is 0 Å². The summed E-state index contributed by atoms with van der Waals surface area (Å²) >= 11 is 3.54. The predicted molar refractivity (Wildman–Crippen MR) is 70.3 cm³/mol. The Bertz CT molecular complexity index is 546. The number of nitrogens with zero attached hydrogens (tertiary/aromatic N) is 1. The van der Waals surface area contributed by atoms with Crippen LogP contribution in [0.2, 0.25) is 0 Å². The Morgan fingerprint density at radius 2 is 2.24 bits per heavy atom. The van der Waals surface area contributed by atoms with E-state index in [1.807, 2.05) is 24.4 Å².